The lowest BCUT2D eigenvalue weighted by atomic mass is 10.0. The highest BCUT2D eigenvalue weighted by Crippen LogP contribution is 2.30. The Balaban J connectivity index is 2.19. The van der Waals surface area contributed by atoms with Crippen LogP contribution in [0.4, 0.5) is 0 Å². The van der Waals surface area contributed by atoms with Crippen molar-refractivity contribution in [2.24, 2.45) is 0 Å². The maximum absolute atomic E-state index is 3.70. The van der Waals surface area contributed by atoms with Crippen molar-refractivity contribution in [3.05, 3.63) is 55.7 Å². The summed E-state index contributed by atoms with van der Waals surface area (Å²) in [4.78, 5) is 2.88. The van der Waals surface area contributed by atoms with Crippen molar-refractivity contribution in [2.45, 2.75) is 39.7 Å². The summed E-state index contributed by atoms with van der Waals surface area (Å²) >= 11 is 5.42. The van der Waals surface area contributed by atoms with Crippen LogP contribution in [0.2, 0.25) is 0 Å². The average Bonchev–Trinajstić information content (AvgIpc) is 2.76. The summed E-state index contributed by atoms with van der Waals surface area (Å²) in [6.07, 6.45) is 2.22. The Morgan fingerprint density at radius 3 is 2.45 bits per heavy atom. The third-order valence-electron chi connectivity index (χ3n) is 3.39. The topological polar surface area (TPSA) is 12.0 Å². The van der Waals surface area contributed by atoms with Gasteiger partial charge in [0.2, 0.25) is 0 Å². The molecule has 2 rings (SSSR count). The Morgan fingerprint density at radius 1 is 1.20 bits per heavy atom. The molecule has 2 aromatic rings. The van der Waals surface area contributed by atoms with Crippen molar-refractivity contribution >= 4 is 27.3 Å². The van der Waals surface area contributed by atoms with Gasteiger partial charge < -0.3 is 5.32 Å². The number of hydrogen-bond acceptors (Lipinski definition) is 2. The van der Waals surface area contributed by atoms with E-state index in [4.69, 9.17) is 0 Å². The molecule has 1 nitrogen and oxygen atoms in total. The normalized spacial score (nSPS) is 12.6. The molecule has 0 amide bonds. The van der Waals surface area contributed by atoms with E-state index in [-0.39, 0.29) is 0 Å². The molecular weight excluding hydrogens is 330 g/mol. The van der Waals surface area contributed by atoms with Crippen LogP contribution >= 0.6 is 27.3 Å². The second-order valence-corrected chi connectivity index (χ2v) is 7.45. The van der Waals surface area contributed by atoms with E-state index >= 15 is 0 Å². The summed E-state index contributed by atoms with van der Waals surface area (Å²) in [5.41, 5.74) is 2.80. The molecule has 1 N–H and O–H groups in total. The summed E-state index contributed by atoms with van der Waals surface area (Å²) in [5.74, 6) is 0. The molecule has 3 heteroatoms. The van der Waals surface area contributed by atoms with Crippen LogP contribution in [0.25, 0.3) is 0 Å². The van der Waals surface area contributed by atoms with E-state index in [1.165, 1.54) is 27.3 Å². The number of hydrogen-bond donors (Lipinski definition) is 1. The fourth-order valence-corrected chi connectivity index (χ4v) is 3.81. The van der Waals surface area contributed by atoms with Gasteiger partial charge in [0.15, 0.2) is 0 Å². The number of rotatable bonds is 6. The minimum Gasteiger partial charge on any atom is -0.309 e. The lowest BCUT2D eigenvalue weighted by Gasteiger charge is -2.18. The fraction of sp³-hybridized carbons (Fsp3) is 0.412. The largest absolute Gasteiger partial charge is 0.309 e. The van der Waals surface area contributed by atoms with E-state index < -0.39 is 0 Å². The van der Waals surface area contributed by atoms with Crippen LogP contribution in [-0.2, 0) is 6.42 Å². The zero-order valence-electron chi connectivity index (χ0n) is 12.4. The molecule has 0 spiro atoms. The maximum Gasteiger partial charge on any atom is 0.0458 e. The van der Waals surface area contributed by atoms with Crippen LogP contribution < -0.4 is 5.32 Å². The van der Waals surface area contributed by atoms with Gasteiger partial charge in [0.1, 0.15) is 0 Å². The quantitative estimate of drug-likeness (QED) is 0.733. The summed E-state index contributed by atoms with van der Waals surface area (Å²) in [7, 11) is 0. The zero-order valence-corrected chi connectivity index (χ0v) is 14.8. The number of aryl methyl sites for hydroxylation is 2. The first-order valence-corrected chi connectivity index (χ1v) is 8.76. The molecule has 1 aromatic heterocycles. The van der Waals surface area contributed by atoms with Gasteiger partial charge in [-0.3, -0.25) is 0 Å². The highest BCUT2D eigenvalue weighted by Gasteiger charge is 2.16. The van der Waals surface area contributed by atoms with Crippen molar-refractivity contribution in [3.63, 3.8) is 0 Å². The monoisotopic (exact) mass is 351 g/mol. The van der Waals surface area contributed by atoms with Gasteiger partial charge in [0, 0.05) is 20.3 Å². The molecule has 1 heterocycles. The Labute approximate surface area is 134 Å². The van der Waals surface area contributed by atoms with E-state index in [9.17, 15) is 0 Å². The number of benzene rings is 1. The van der Waals surface area contributed by atoms with Gasteiger partial charge in [-0.2, -0.15) is 0 Å². The van der Waals surface area contributed by atoms with Crippen LogP contribution in [0.3, 0.4) is 0 Å². The predicted molar refractivity (Wildman–Crippen MR) is 92.7 cm³/mol. The van der Waals surface area contributed by atoms with E-state index in [2.05, 4.69) is 72.3 Å². The van der Waals surface area contributed by atoms with Crippen LogP contribution in [-0.4, -0.2) is 6.54 Å². The van der Waals surface area contributed by atoms with Crippen molar-refractivity contribution in [1.82, 2.24) is 5.32 Å². The molecule has 0 radical (unpaired) electrons. The molecule has 20 heavy (non-hydrogen) atoms. The Bertz CT molecular complexity index is 545. The summed E-state index contributed by atoms with van der Waals surface area (Å²) in [6, 6.07) is 11.4. The van der Waals surface area contributed by atoms with Gasteiger partial charge in [0.05, 0.1) is 0 Å². The van der Waals surface area contributed by atoms with Gasteiger partial charge >= 0.3 is 0 Å². The minimum atomic E-state index is 0.426. The first-order valence-electron chi connectivity index (χ1n) is 7.15. The molecule has 0 aliphatic heterocycles. The first-order chi connectivity index (χ1) is 9.60. The number of nitrogens with one attached hydrogen (secondary N) is 1. The SMILES string of the molecule is CCCNC(Cc1ccc(Br)cc1)c1sc(C)cc1C. The molecule has 108 valence electrons. The van der Waals surface area contributed by atoms with E-state index in [0.29, 0.717) is 6.04 Å². The standard InChI is InChI=1S/C17H22BrNS/c1-4-9-19-16(17-12(2)10-13(3)20-17)11-14-5-7-15(18)8-6-14/h5-8,10,16,19H,4,9,11H2,1-3H3. The fourth-order valence-electron chi connectivity index (χ4n) is 2.44. The Kier molecular flexibility index (Phi) is 5.82. The van der Waals surface area contributed by atoms with Crippen LogP contribution in [0, 0.1) is 13.8 Å². The molecular formula is C17H22BrNS. The summed E-state index contributed by atoms with van der Waals surface area (Å²) in [6.45, 7) is 7.70. The highest BCUT2D eigenvalue weighted by molar-refractivity contribution is 9.10. The third kappa shape index (κ3) is 4.18. The van der Waals surface area contributed by atoms with Crippen LogP contribution in [0.5, 0.6) is 0 Å². The van der Waals surface area contributed by atoms with Crippen molar-refractivity contribution in [1.29, 1.82) is 0 Å². The molecule has 1 aromatic carbocycles. The van der Waals surface area contributed by atoms with Gasteiger partial charge in [-0.25, -0.2) is 0 Å². The molecule has 0 bridgehead atoms. The highest BCUT2D eigenvalue weighted by atomic mass is 79.9. The van der Waals surface area contributed by atoms with Gasteiger partial charge in [-0.05, 0) is 62.6 Å². The second-order valence-electron chi connectivity index (χ2n) is 5.24. The molecule has 1 unspecified atom stereocenters. The predicted octanol–water partition coefficient (Wildman–Crippen LogP) is 5.41. The molecule has 0 aliphatic carbocycles. The van der Waals surface area contributed by atoms with Crippen molar-refractivity contribution < 1.29 is 0 Å². The molecule has 0 saturated carbocycles. The minimum absolute atomic E-state index is 0.426. The Morgan fingerprint density at radius 2 is 1.90 bits per heavy atom. The van der Waals surface area contributed by atoms with Gasteiger partial charge in [-0.1, -0.05) is 35.0 Å². The first kappa shape index (κ1) is 15.7. The third-order valence-corrected chi connectivity index (χ3v) is 5.18. The smallest absolute Gasteiger partial charge is 0.0458 e. The van der Waals surface area contributed by atoms with E-state index in [1.807, 2.05) is 11.3 Å². The van der Waals surface area contributed by atoms with Crippen LogP contribution in [0.15, 0.2) is 34.8 Å². The molecule has 0 saturated heterocycles. The molecule has 0 fully saturated rings. The van der Waals surface area contributed by atoms with E-state index in [1.54, 1.807) is 0 Å². The van der Waals surface area contributed by atoms with E-state index in [0.717, 1.165) is 17.4 Å². The number of halogens is 1. The second kappa shape index (κ2) is 7.39. The summed E-state index contributed by atoms with van der Waals surface area (Å²) < 4.78 is 1.14. The summed E-state index contributed by atoms with van der Waals surface area (Å²) in [5, 5.41) is 3.70. The van der Waals surface area contributed by atoms with Gasteiger partial charge in [0.25, 0.3) is 0 Å². The zero-order chi connectivity index (χ0) is 14.5. The Hall–Kier alpha value is -0.640. The maximum atomic E-state index is 3.70. The van der Waals surface area contributed by atoms with Crippen molar-refractivity contribution in [2.75, 3.05) is 6.54 Å². The molecule has 0 aliphatic rings. The van der Waals surface area contributed by atoms with Crippen molar-refractivity contribution in [3.8, 4) is 0 Å². The average molecular weight is 352 g/mol. The lowest BCUT2D eigenvalue weighted by molar-refractivity contribution is 0.535. The lowest BCUT2D eigenvalue weighted by Crippen LogP contribution is -2.23. The van der Waals surface area contributed by atoms with Crippen LogP contribution in [0.1, 0.15) is 40.3 Å². The molecule has 1 atom stereocenters. The van der Waals surface area contributed by atoms with Gasteiger partial charge in [-0.15, -0.1) is 11.3 Å². The number of thiophene rings is 1.